The van der Waals surface area contributed by atoms with Gasteiger partial charge >= 0.3 is 0 Å². The molecular weight excluding hydrogens is 200 g/mol. The van der Waals surface area contributed by atoms with Crippen molar-refractivity contribution in [3.8, 4) is 11.8 Å². The van der Waals surface area contributed by atoms with Crippen LogP contribution in [0.4, 0.5) is 0 Å². The third-order valence-electron chi connectivity index (χ3n) is 2.42. The second kappa shape index (κ2) is 5.53. The van der Waals surface area contributed by atoms with E-state index < -0.39 is 5.54 Å². The monoisotopic (exact) mass is 218 g/mol. The molecule has 16 heavy (non-hydrogen) atoms. The number of para-hydroxylation sites is 1. The summed E-state index contributed by atoms with van der Waals surface area (Å²) in [4.78, 5) is 0. The Morgan fingerprint density at radius 1 is 1.44 bits per heavy atom. The van der Waals surface area contributed by atoms with E-state index in [1.54, 1.807) is 0 Å². The van der Waals surface area contributed by atoms with Crippen LogP contribution in [-0.4, -0.2) is 18.7 Å². The summed E-state index contributed by atoms with van der Waals surface area (Å²) in [7, 11) is 0. The first-order valence-electron chi connectivity index (χ1n) is 5.46. The first kappa shape index (κ1) is 12.5. The van der Waals surface area contributed by atoms with E-state index in [1.165, 1.54) is 0 Å². The minimum Gasteiger partial charge on any atom is -0.490 e. The van der Waals surface area contributed by atoms with Crippen molar-refractivity contribution in [1.29, 1.82) is 5.26 Å². The predicted octanol–water partition coefficient (Wildman–Crippen LogP) is 2.27. The highest BCUT2D eigenvalue weighted by Gasteiger charge is 2.23. The lowest BCUT2D eigenvalue weighted by Crippen LogP contribution is -2.46. The number of nitrogens with zero attached hydrogens (tertiary/aromatic N) is 1. The van der Waals surface area contributed by atoms with Crippen molar-refractivity contribution in [2.45, 2.75) is 26.3 Å². The third kappa shape index (κ3) is 3.25. The number of benzene rings is 1. The Bertz CT molecular complexity index is 384. The van der Waals surface area contributed by atoms with Gasteiger partial charge in [0.1, 0.15) is 17.9 Å². The number of hydrogen-bond acceptors (Lipinski definition) is 3. The van der Waals surface area contributed by atoms with Crippen LogP contribution >= 0.6 is 0 Å². The van der Waals surface area contributed by atoms with Gasteiger partial charge in [-0.2, -0.15) is 5.26 Å². The highest BCUT2D eigenvalue weighted by atomic mass is 16.5. The van der Waals surface area contributed by atoms with Gasteiger partial charge < -0.3 is 4.74 Å². The number of nitriles is 1. The molecule has 0 spiro atoms. The Kier molecular flexibility index (Phi) is 4.33. The Morgan fingerprint density at radius 3 is 2.69 bits per heavy atom. The highest BCUT2D eigenvalue weighted by molar-refractivity contribution is 5.32. The summed E-state index contributed by atoms with van der Waals surface area (Å²) in [6.07, 6.45) is 0. The van der Waals surface area contributed by atoms with Crippen molar-refractivity contribution < 1.29 is 4.74 Å². The van der Waals surface area contributed by atoms with Gasteiger partial charge in [-0.05, 0) is 32.0 Å². The van der Waals surface area contributed by atoms with Crippen LogP contribution in [0, 0.1) is 18.3 Å². The molecule has 3 nitrogen and oxygen atoms in total. The first-order chi connectivity index (χ1) is 7.61. The van der Waals surface area contributed by atoms with Crippen molar-refractivity contribution in [1.82, 2.24) is 5.32 Å². The molecule has 86 valence electrons. The van der Waals surface area contributed by atoms with Crippen LogP contribution in [0.3, 0.4) is 0 Å². The van der Waals surface area contributed by atoms with Gasteiger partial charge in [0.25, 0.3) is 0 Å². The van der Waals surface area contributed by atoms with Gasteiger partial charge in [0, 0.05) is 0 Å². The Labute approximate surface area is 97.0 Å². The topological polar surface area (TPSA) is 45.0 Å². The number of hydrogen-bond donors (Lipinski definition) is 1. The smallest absolute Gasteiger partial charge is 0.138 e. The molecule has 0 fully saturated rings. The van der Waals surface area contributed by atoms with Crippen LogP contribution in [0.25, 0.3) is 0 Å². The maximum atomic E-state index is 9.07. The van der Waals surface area contributed by atoms with E-state index in [1.807, 2.05) is 45.0 Å². The zero-order valence-electron chi connectivity index (χ0n) is 10.1. The molecule has 0 bridgehead atoms. The molecule has 0 aliphatic carbocycles. The maximum absolute atomic E-state index is 9.07. The molecule has 1 aromatic rings. The fourth-order valence-electron chi connectivity index (χ4n) is 1.45. The van der Waals surface area contributed by atoms with Crippen molar-refractivity contribution in [2.24, 2.45) is 0 Å². The Morgan fingerprint density at radius 2 is 2.12 bits per heavy atom. The van der Waals surface area contributed by atoms with Crippen LogP contribution in [0.15, 0.2) is 24.3 Å². The summed E-state index contributed by atoms with van der Waals surface area (Å²) in [5, 5.41) is 12.2. The lowest BCUT2D eigenvalue weighted by molar-refractivity contribution is 0.235. The van der Waals surface area contributed by atoms with Gasteiger partial charge in [-0.3, -0.25) is 5.32 Å². The molecule has 0 heterocycles. The van der Waals surface area contributed by atoms with E-state index in [0.29, 0.717) is 6.61 Å². The molecule has 1 unspecified atom stereocenters. The number of aryl methyl sites for hydroxylation is 1. The largest absolute Gasteiger partial charge is 0.490 e. The molecule has 0 aliphatic rings. The summed E-state index contributed by atoms with van der Waals surface area (Å²) in [6, 6.07) is 10.0. The molecule has 0 aromatic heterocycles. The molecule has 1 aromatic carbocycles. The lowest BCUT2D eigenvalue weighted by Gasteiger charge is -2.23. The Balaban J connectivity index is 2.64. The molecule has 0 saturated heterocycles. The van der Waals surface area contributed by atoms with Crippen LogP contribution < -0.4 is 10.1 Å². The van der Waals surface area contributed by atoms with E-state index in [9.17, 15) is 0 Å². The summed E-state index contributed by atoms with van der Waals surface area (Å²) in [5.74, 6) is 0.835. The second-order valence-electron chi connectivity index (χ2n) is 4.03. The van der Waals surface area contributed by atoms with Gasteiger partial charge in [0.15, 0.2) is 0 Å². The zero-order valence-corrected chi connectivity index (χ0v) is 10.1. The molecule has 1 rings (SSSR count). The van der Waals surface area contributed by atoms with Crippen molar-refractivity contribution in [3.63, 3.8) is 0 Å². The van der Waals surface area contributed by atoms with Gasteiger partial charge in [0.05, 0.1) is 6.07 Å². The van der Waals surface area contributed by atoms with Crippen molar-refractivity contribution in [2.75, 3.05) is 13.2 Å². The summed E-state index contributed by atoms with van der Waals surface area (Å²) in [5.41, 5.74) is 0.455. The van der Waals surface area contributed by atoms with Crippen LogP contribution in [0.2, 0.25) is 0 Å². The molecule has 0 saturated carbocycles. The van der Waals surface area contributed by atoms with Gasteiger partial charge in [-0.15, -0.1) is 0 Å². The molecule has 1 N–H and O–H groups in total. The van der Waals surface area contributed by atoms with Gasteiger partial charge in [-0.1, -0.05) is 25.1 Å². The van der Waals surface area contributed by atoms with Crippen LogP contribution in [0.1, 0.15) is 19.4 Å². The van der Waals surface area contributed by atoms with E-state index in [4.69, 9.17) is 10.00 Å². The van der Waals surface area contributed by atoms with E-state index >= 15 is 0 Å². The summed E-state index contributed by atoms with van der Waals surface area (Å²) < 4.78 is 5.66. The number of nitrogens with one attached hydrogen (secondary N) is 1. The maximum Gasteiger partial charge on any atom is 0.138 e. The van der Waals surface area contributed by atoms with E-state index in [0.717, 1.165) is 17.9 Å². The standard InChI is InChI=1S/C13H18N2O/c1-4-15-13(3,9-14)10-16-12-8-6-5-7-11(12)2/h5-8,15H,4,10H2,1-3H3. The minimum atomic E-state index is -0.628. The molecule has 3 heteroatoms. The fourth-order valence-corrected chi connectivity index (χ4v) is 1.45. The number of likely N-dealkylation sites (N-methyl/N-ethyl adjacent to an activating group) is 1. The minimum absolute atomic E-state index is 0.349. The molecule has 1 atom stereocenters. The lowest BCUT2D eigenvalue weighted by atomic mass is 10.1. The summed E-state index contributed by atoms with van der Waals surface area (Å²) in [6.45, 7) is 6.91. The van der Waals surface area contributed by atoms with Crippen molar-refractivity contribution >= 4 is 0 Å². The highest BCUT2D eigenvalue weighted by Crippen LogP contribution is 2.17. The fraction of sp³-hybridized carbons (Fsp3) is 0.462. The van der Waals surface area contributed by atoms with Crippen LogP contribution in [-0.2, 0) is 0 Å². The Hall–Kier alpha value is -1.53. The molecule has 0 amide bonds. The quantitative estimate of drug-likeness (QED) is 0.824. The predicted molar refractivity (Wildman–Crippen MR) is 64.4 cm³/mol. The average molecular weight is 218 g/mol. The summed E-state index contributed by atoms with van der Waals surface area (Å²) >= 11 is 0. The van der Waals surface area contributed by atoms with E-state index in [-0.39, 0.29) is 0 Å². The second-order valence-corrected chi connectivity index (χ2v) is 4.03. The molecule has 0 radical (unpaired) electrons. The van der Waals surface area contributed by atoms with Gasteiger partial charge in [0.2, 0.25) is 0 Å². The van der Waals surface area contributed by atoms with Crippen LogP contribution in [0.5, 0.6) is 5.75 Å². The normalized spacial score (nSPS) is 13.9. The third-order valence-corrected chi connectivity index (χ3v) is 2.42. The van der Waals surface area contributed by atoms with E-state index in [2.05, 4.69) is 11.4 Å². The van der Waals surface area contributed by atoms with Crippen molar-refractivity contribution in [3.05, 3.63) is 29.8 Å². The molecule has 0 aliphatic heterocycles. The zero-order chi connectivity index (χ0) is 12.0. The molecular formula is C13H18N2O. The first-order valence-corrected chi connectivity index (χ1v) is 5.46. The number of rotatable bonds is 5. The van der Waals surface area contributed by atoms with Gasteiger partial charge in [-0.25, -0.2) is 0 Å². The number of ether oxygens (including phenoxy) is 1. The average Bonchev–Trinajstić information content (AvgIpc) is 2.28. The SMILES string of the molecule is CCNC(C)(C#N)COc1ccccc1C.